The van der Waals surface area contributed by atoms with Gasteiger partial charge in [-0.25, -0.2) is 9.31 Å². The van der Waals surface area contributed by atoms with Crippen LogP contribution in [0.15, 0.2) is 29.5 Å². The van der Waals surface area contributed by atoms with E-state index in [4.69, 9.17) is 0 Å². The van der Waals surface area contributed by atoms with Crippen molar-refractivity contribution in [3.63, 3.8) is 0 Å². The molecule has 2 heterocycles. The van der Waals surface area contributed by atoms with E-state index in [0.29, 0.717) is 5.52 Å². The number of rotatable bonds is 4. The van der Waals surface area contributed by atoms with Crippen LogP contribution in [0.4, 0.5) is 0 Å². The Hall–Kier alpha value is -2.64. The molecule has 2 aromatic rings. The molecule has 0 spiro atoms. The van der Waals surface area contributed by atoms with Gasteiger partial charge in [0.25, 0.3) is 5.56 Å². The Morgan fingerprint density at radius 3 is 2.85 bits per heavy atom. The molecule has 0 saturated heterocycles. The molecular formula is C12H14N4O4. The van der Waals surface area contributed by atoms with E-state index in [2.05, 4.69) is 15.2 Å². The number of amides is 1. The highest BCUT2D eigenvalue weighted by atomic mass is 16.5. The maximum atomic E-state index is 12.2. The smallest absolute Gasteiger partial charge is 0.330 e. The normalized spacial score (nSPS) is 12.1. The van der Waals surface area contributed by atoms with Crippen LogP contribution in [-0.4, -0.2) is 39.2 Å². The number of esters is 1. The Balaban J connectivity index is 2.32. The van der Waals surface area contributed by atoms with E-state index in [9.17, 15) is 14.4 Å². The molecule has 20 heavy (non-hydrogen) atoms. The van der Waals surface area contributed by atoms with Crippen LogP contribution in [-0.2, 0) is 20.9 Å². The maximum absolute atomic E-state index is 12.2. The summed E-state index contributed by atoms with van der Waals surface area (Å²) in [6.07, 6.45) is 4.60. The van der Waals surface area contributed by atoms with Gasteiger partial charge in [-0.2, -0.15) is 5.10 Å². The van der Waals surface area contributed by atoms with Gasteiger partial charge < -0.3 is 14.6 Å². The third-order valence-corrected chi connectivity index (χ3v) is 2.78. The largest absolute Gasteiger partial charge is 0.467 e. The summed E-state index contributed by atoms with van der Waals surface area (Å²) in [5.41, 5.74) is 0.0863. The number of methoxy groups -OCH3 is 1. The molecular weight excluding hydrogens is 264 g/mol. The molecule has 0 bridgehead atoms. The van der Waals surface area contributed by atoms with Crippen LogP contribution in [0.25, 0.3) is 5.52 Å². The first-order valence-corrected chi connectivity index (χ1v) is 5.90. The zero-order valence-electron chi connectivity index (χ0n) is 11.1. The van der Waals surface area contributed by atoms with E-state index in [1.807, 2.05) is 0 Å². The molecule has 0 aliphatic carbocycles. The molecule has 106 valence electrons. The van der Waals surface area contributed by atoms with Gasteiger partial charge in [-0.15, -0.1) is 0 Å². The first kappa shape index (κ1) is 13.8. The Labute approximate surface area is 114 Å². The molecule has 8 nitrogen and oxygen atoms in total. The fourth-order valence-corrected chi connectivity index (χ4v) is 1.87. The molecule has 0 aromatic carbocycles. The first-order chi connectivity index (χ1) is 9.52. The second-order valence-corrected chi connectivity index (χ2v) is 4.19. The zero-order valence-corrected chi connectivity index (χ0v) is 11.1. The zero-order chi connectivity index (χ0) is 14.7. The van der Waals surface area contributed by atoms with Gasteiger partial charge in [-0.1, -0.05) is 0 Å². The monoisotopic (exact) mass is 278 g/mol. The van der Waals surface area contributed by atoms with Crippen LogP contribution >= 0.6 is 0 Å². The van der Waals surface area contributed by atoms with E-state index >= 15 is 0 Å². The van der Waals surface area contributed by atoms with Gasteiger partial charge in [0.2, 0.25) is 5.91 Å². The van der Waals surface area contributed by atoms with Crippen molar-refractivity contribution in [1.82, 2.24) is 19.5 Å². The summed E-state index contributed by atoms with van der Waals surface area (Å²) in [4.78, 5) is 34.9. The molecule has 8 heteroatoms. The lowest BCUT2D eigenvalue weighted by Gasteiger charge is -2.16. The average molecular weight is 278 g/mol. The van der Waals surface area contributed by atoms with E-state index < -0.39 is 12.0 Å². The molecule has 0 saturated carbocycles. The lowest BCUT2D eigenvalue weighted by atomic mass is 10.3. The number of fused-ring (bicyclic) bond motifs is 1. The minimum absolute atomic E-state index is 0.00718. The Bertz CT molecular complexity index is 703. The summed E-state index contributed by atoms with van der Waals surface area (Å²) < 4.78 is 7.37. The standard InChI is InChI=1S/C12H14N4O4/c1-8(17)14-9(12(19)20-2)7-15-5-6-16-10(11(15)18)3-4-13-16/h3-6,9H,7H2,1-2H3,(H,14,17). The van der Waals surface area contributed by atoms with Crippen LogP contribution in [0.1, 0.15) is 6.92 Å². The van der Waals surface area contributed by atoms with Crippen LogP contribution in [0.2, 0.25) is 0 Å². The Kier molecular flexibility index (Phi) is 3.83. The Morgan fingerprint density at radius 2 is 2.20 bits per heavy atom. The number of carbonyl (C=O) groups excluding carboxylic acids is 2. The molecule has 0 aliphatic heterocycles. The van der Waals surface area contributed by atoms with Crippen molar-refractivity contribution in [2.24, 2.45) is 0 Å². The summed E-state index contributed by atoms with van der Waals surface area (Å²) in [6, 6.07) is 0.658. The predicted molar refractivity (Wildman–Crippen MR) is 69.1 cm³/mol. The van der Waals surface area contributed by atoms with Gasteiger partial charge >= 0.3 is 5.97 Å². The molecule has 1 unspecified atom stereocenters. The van der Waals surface area contributed by atoms with Gasteiger partial charge in [0.05, 0.1) is 19.9 Å². The minimum Gasteiger partial charge on any atom is -0.467 e. The first-order valence-electron chi connectivity index (χ1n) is 5.90. The molecule has 0 radical (unpaired) electrons. The van der Waals surface area contributed by atoms with Crippen molar-refractivity contribution in [2.45, 2.75) is 19.5 Å². The minimum atomic E-state index is -0.916. The van der Waals surface area contributed by atoms with E-state index in [-0.39, 0.29) is 18.0 Å². The fourth-order valence-electron chi connectivity index (χ4n) is 1.87. The van der Waals surface area contributed by atoms with E-state index in [1.54, 1.807) is 12.3 Å². The highest BCUT2D eigenvalue weighted by Crippen LogP contribution is 1.98. The van der Waals surface area contributed by atoms with Crippen molar-refractivity contribution < 1.29 is 14.3 Å². The SMILES string of the molecule is COC(=O)C(Cn1ccn2nccc2c1=O)NC(C)=O. The highest BCUT2D eigenvalue weighted by Gasteiger charge is 2.21. The molecule has 1 atom stereocenters. The number of nitrogens with one attached hydrogen (secondary N) is 1. The molecule has 1 N–H and O–H groups in total. The van der Waals surface area contributed by atoms with E-state index in [0.717, 1.165) is 0 Å². The fraction of sp³-hybridized carbons (Fsp3) is 0.333. The van der Waals surface area contributed by atoms with Crippen molar-refractivity contribution in [1.29, 1.82) is 0 Å². The number of hydrogen-bond donors (Lipinski definition) is 1. The average Bonchev–Trinajstić information content (AvgIpc) is 2.88. The molecule has 1 amide bonds. The van der Waals surface area contributed by atoms with Crippen LogP contribution < -0.4 is 10.9 Å². The topological polar surface area (TPSA) is 94.7 Å². The summed E-state index contributed by atoms with van der Waals surface area (Å²) in [5.74, 6) is -0.987. The lowest BCUT2D eigenvalue weighted by molar-refractivity contribution is -0.145. The Morgan fingerprint density at radius 1 is 1.45 bits per heavy atom. The van der Waals surface area contributed by atoms with Gasteiger partial charge in [0.1, 0.15) is 11.6 Å². The summed E-state index contributed by atoms with van der Waals surface area (Å²) in [6.45, 7) is 1.28. The predicted octanol–water partition coefficient (Wildman–Crippen LogP) is -0.826. The van der Waals surface area contributed by atoms with Gasteiger partial charge in [0.15, 0.2) is 0 Å². The van der Waals surface area contributed by atoms with Gasteiger partial charge in [0, 0.05) is 19.3 Å². The summed E-state index contributed by atoms with van der Waals surface area (Å²) >= 11 is 0. The van der Waals surface area contributed by atoms with E-state index in [1.165, 1.54) is 35.5 Å². The van der Waals surface area contributed by atoms with Crippen molar-refractivity contribution in [3.05, 3.63) is 35.0 Å². The summed E-state index contributed by atoms with van der Waals surface area (Å²) in [7, 11) is 1.22. The summed E-state index contributed by atoms with van der Waals surface area (Å²) in [5, 5.41) is 6.39. The second-order valence-electron chi connectivity index (χ2n) is 4.19. The van der Waals surface area contributed by atoms with Gasteiger partial charge in [-0.05, 0) is 6.07 Å². The lowest BCUT2D eigenvalue weighted by Crippen LogP contribution is -2.45. The third-order valence-electron chi connectivity index (χ3n) is 2.78. The molecule has 2 aromatic heterocycles. The number of hydrogen-bond acceptors (Lipinski definition) is 5. The van der Waals surface area contributed by atoms with Crippen LogP contribution in [0, 0.1) is 0 Å². The molecule has 2 rings (SSSR count). The van der Waals surface area contributed by atoms with Crippen molar-refractivity contribution in [3.8, 4) is 0 Å². The molecule has 0 aliphatic rings. The number of carbonyl (C=O) groups is 2. The van der Waals surface area contributed by atoms with Crippen molar-refractivity contribution >= 4 is 17.4 Å². The maximum Gasteiger partial charge on any atom is 0.330 e. The molecule has 0 fully saturated rings. The second kappa shape index (κ2) is 5.55. The van der Waals surface area contributed by atoms with Crippen LogP contribution in [0.3, 0.4) is 0 Å². The number of aromatic nitrogens is 3. The van der Waals surface area contributed by atoms with Gasteiger partial charge in [-0.3, -0.25) is 9.59 Å². The quantitative estimate of drug-likeness (QED) is 0.737. The van der Waals surface area contributed by atoms with Crippen LogP contribution in [0.5, 0.6) is 0 Å². The highest BCUT2D eigenvalue weighted by molar-refractivity contribution is 5.83. The number of ether oxygens (including phenoxy) is 1. The third kappa shape index (κ3) is 2.68. The van der Waals surface area contributed by atoms with Crippen molar-refractivity contribution in [2.75, 3.05) is 7.11 Å². The number of nitrogens with zero attached hydrogens (tertiary/aromatic N) is 3.